The summed E-state index contributed by atoms with van der Waals surface area (Å²) < 4.78 is 11.8. The standard InChI is InChI=1S/C21H26N2O4/c1-20-7-6-14(12-16(20)19(25)23-8-10-26-11-9-23)21(13-20)22-18(24)15-4-2-3-5-17(15)27-21/h2-5,14,16H,6-13H2,1H3,(H,22,24)/t14-,16-,20-,21-/m0/s1. The van der Waals surface area contributed by atoms with Gasteiger partial charge in [0, 0.05) is 31.3 Å². The highest BCUT2D eigenvalue weighted by molar-refractivity contribution is 5.98. The Morgan fingerprint density at radius 2 is 2.04 bits per heavy atom. The second-order valence-electron chi connectivity index (χ2n) is 8.73. The Morgan fingerprint density at radius 1 is 1.26 bits per heavy atom. The van der Waals surface area contributed by atoms with E-state index in [0.29, 0.717) is 44.0 Å². The number of carbonyl (C=O) groups is 2. The first kappa shape index (κ1) is 17.0. The molecule has 1 spiro atoms. The van der Waals surface area contributed by atoms with E-state index in [1.54, 1.807) is 6.07 Å². The van der Waals surface area contributed by atoms with Gasteiger partial charge in [-0.2, -0.15) is 0 Å². The maximum Gasteiger partial charge on any atom is 0.258 e. The number of nitrogens with one attached hydrogen (secondary N) is 1. The average molecular weight is 370 g/mol. The third kappa shape index (κ3) is 2.57. The van der Waals surface area contributed by atoms with Gasteiger partial charge in [0.1, 0.15) is 5.75 Å². The van der Waals surface area contributed by atoms with Crippen molar-refractivity contribution in [2.24, 2.45) is 17.3 Å². The van der Waals surface area contributed by atoms with Gasteiger partial charge in [0.2, 0.25) is 5.91 Å². The molecule has 2 bridgehead atoms. The molecule has 27 heavy (non-hydrogen) atoms. The van der Waals surface area contributed by atoms with Crippen LogP contribution in [0, 0.1) is 17.3 Å². The van der Waals surface area contributed by atoms with Crippen LogP contribution >= 0.6 is 0 Å². The van der Waals surface area contributed by atoms with E-state index in [1.165, 1.54) is 0 Å². The van der Waals surface area contributed by atoms with E-state index in [9.17, 15) is 9.59 Å². The maximum atomic E-state index is 13.2. The first-order chi connectivity index (χ1) is 13.0. The van der Waals surface area contributed by atoms with Gasteiger partial charge in [-0.3, -0.25) is 9.59 Å². The van der Waals surface area contributed by atoms with E-state index in [2.05, 4.69) is 12.2 Å². The van der Waals surface area contributed by atoms with Gasteiger partial charge in [-0.1, -0.05) is 19.1 Å². The number of hydrogen-bond acceptors (Lipinski definition) is 4. The lowest BCUT2D eigenvalue weighted by Gasteiger charge is -2.60. The van der Waals surface area contributed by atoms with E-state index < -0.39 is 5.72 Å². The summed E-state index contributed by atoms with van der Waals surface area (Å²) in [5, 5.41) is 3.18. The number of rotatable bonds is 1. The Kier molecular flexibility index (Phi) is 3.76. The van der Waals surface area contributed by atoms with E-state index >= 15 is 0 Å². The lowest BCUT2D eigenvalue weighted by Crippen LogP contribution is -2.69. The number of nitrogens with zero attached hydrogens (tertiary/aromatic N) is 1. The Balaban J connectivity index is 1.43. The first-order valence-corrected chi connectivity index (χ1v) is 9.98. The molecule has 1 aromatic carbocycles. The van der Waals surface area contributed by atoms with Gasteiger partial charge in [0.25, 0.3) is 5.91 Å². The Bertz CT molecular complexity index is 790. The minimum atomic E-state index is -0.680. The topological polar surface area (TPSA) is 67.9 Å². The van der Waals surface area contributed by atoms with Crippen molar-refractivity contribution in [3.8, 4) is 5.75 Å². The van der Waals surface area contributed by atoms with Crippen molar-refractivity contribution in [3.63, 3.8) is 0 Å². The van der Waals surface area contributed by atoms with Crippen molar-refractivity contribution >= 4 is 11.8 Å². The van der Waals surface area contributed by atoms with E-state index in [0.717, 1.165) is 19.3 Å². The molecule has 6 heteroatoms. The lowest BCUT2D eigenvalue weighted by molar-refractivity contribution is -0.176. The van der Waals surface area contributed by atoms with Crippen LogP contribution in [0.25, 0.3) is 0 Å². The van der Waals surface area contributed by atoms with Crippen molar-refractivity contribution in [2.45, 2.75) is 38.3 Å². The molecule has 4 fully saturated rings. The van der Waals surface area contributed by atoms with Gasteiger partial charge in [-0.05, 0) is 36.8 Å². The summed E-state index contributed by atoms with van der Waals surface area (Å²) in [5.41, 5.74) is -0.250. The van der Waals surface area contributed by atoms with Crippen LogP contribution in [0.4, 0.5) is 0 Å². The second kappa shape index (κ2) is 5.96. The summed E-state index contributed by atoms with van der Waals surface area (Å²) in [7, 11) is 0. The van der Waals surface area contributed by atoms with Gasteiger partial charge >= 0.3 is 0 Å². The number of para-hydroxylation sites is 1. The molecule has 6 rings (SSSR count). The highest BCUT2D eigenvalue weighted by Crippen LogP contribution is 2.59. The molecular weight excluding hydrogens is 344 g/mol. The molecule has 1 saturated heterocycles. The van der Waals surface area contributed by atoms with Gasteiger partial charge in [-0.15, -0.1) is 0 Å². The lowest BCUT2D eigenvalue weighted by atomic mass is 9.52. The summed E-state index contributed by atoms with van der Waals surface area (Å²) >= 11 is 0. The number of hydrogen-bond donors (Lipinski definition) is 1. The quantitative estimate of drug-likeness (QED) is 0.823. The van der Waals surface area contributed by atoms with Gasteiger partial charge in [0.15, 0.2) is 5.72 Å². The fourth-order valence-corrected chi connectivity index (χ4v) is 5.64. The Labute approximate surface area is 159 Å². The second-order valence-corrected chi connectivity index (χ2v) is 8.73. The normalized spacial score (nSPS) is 37.5. The summed E-state index contributed by atoms with van der Waals surface area (Å²) in [6.07, 6.45) is 3.44. The van der Waals surface area contributed by atoms with Crippen molar-refractivity contribution in [1.82, 2.24) is 10.2 Å². The number of amides is 2. The molecule has 5 aliphatic rings. The molecule has 0 radical (unpaired) electrons. The molecule has 3 aliphatic carbocycles. The van der Waals surface area contributed by atoms with Crippen molar-refractivity contribution in [3.05, 3.63) is 29.8 Å². The summed E-state index contributed by atoms with van der Waals surface area (Å²) in [6.45, 7) is 4.81. The van der Waals surface area contributed by atoms with E-state index in [4.69, 9.17) is 9.47 Å². The van der Waals surface area contributed by atoms with Gasteiger partial charge < -0.3 is 19.7 Å². The molecule has 1 aromatic rings. The van der Waals surface area contributed by atoms with E-state index in [-0.39, 0.29) is 29.1 Å². The summed E-state index contributed by atoms with van der Waals surface area (Å²) in [5.74, 6) is 1.00. The molecule has 0 aromatic heterocycles. The monoisotopic (exact) mass is 370 g/mol. The van der Waals surface area contributed by atoms with E-state index in [1.807, 2.05) is 23.1 Å². The number of ether oxygens (including phenoxy) is 2. The van der Waals surface area contributed by atoms with Crippen LogP contribution in [0.15, 0.2) is 24.3 Å². The number of benzene rings is 1. The minimum Gasteiger partial charge on any atom is -0.467 e. The van der Waals surface area contributed by atoms with Gasteiger partial charge in [-0.25, -0.2) is 0 Å². The largest absolute Gasteiger partial charge is 0.467 e. The SMILES string of the molecule is C[C@@]12CC[C@@H](C[C@H]1C(=O)N1CCOCC1)[C@@]1(C2)NC(=O)c2ccccc2O1. The number of carbonyl (C=O) groups excluding carboxylic acids is 2. The van der Waals surface area contributed by atoms with Crippen LogP contribution in [0.2, 0.25) is 0 Å². The average Bonchev–Trinajstić information content (AvgIpc) is 2.68. The zero-order valence-electron chi connectivity index (χ0n) is 15.7. The van der Waals surface area contributed by atoms with Gasteiger partial charge in [0.05, 0.1) is 18.8 Å². The Hall–Kier alpha value is -2.08. The van der Waals surface area contributed by atoms with Crippen LogP contribution in [0.5, 0.6) is 5.75 Å². The molecule has 144 valence electrons. The third-order valence-electron chi connectivity index (χ3n) is 7.12. The first-order valence-electron chi connectivity index (χ1n) is 9.98. The fourth-order valence-electron chi connectivity index (χ4n) is 5.64. The third-order valence-corrected chi connectivity index (χ3v) is 7.12. The molecule has 6 nitrogen and oxygen atoms in total. The zero-order chi connectivity index (χ0) is 18.6. The van der Waals surface area contributed by atoms with Crippen molar-refractivity contribution in [1.29, 1.82) is 0 Å². The predicted octanol–water partition coefficient (Wildman–Crippen LogP) is 2.19. The predicted molar refractivity (Wildman–Crippen MR) is 98.2 cm³/mol. The fraction of sp³-hybridized carbons (Fsp3) is 0.619. The molecule has 0 unspecified atom stereocenters. The van der Waals surface area contributed by atoms with Crippen molar-refractivity contribution in [2.75, 3.05) is 26.3 Å². The summed E-state index contributed by atoms with van der Waals surface area (Å²) in [4.78, 5) is 27.9. The Morgan fingerprint density at radius 3 is 2.81 bits per heavy atom. The molecule has 2 amide bonds. The smallest absolute Gasteiger partial charge is 0.258 e. The zero-order valence-corrected chi connectivity index (χ0v) is 15.7. The molecular formula is C21H26N2O4. The molecule has 1 N–H and O–H groups in total. The molecule has 3 saturated carbocycles. The van der Waals surface area contributed by atoms with Crippen molar-refractivity contribution < 1.29 is 19.1 Å². The maximum absolute atomic E-state index is 13.2. The highest BCUT2D eigenvalue weighted by atomic mass is 16.5. The number of morpholine rings is 1. The highest BCUT2D eigenvalue weighted by Gasteiger charge is 2.62. The van der Waals surface area contributed by atoms with Crippen LogP contribution in [0.1, 0.15) is 43.0 Å². The van der Waals surface area contributed by atoms with Crippen LogP contribution in [-0.4, -0.2) is 48.7 Å². The minimum absolute atomic E-state index is 0.00218. The van der Waals surface area contributed by atoms with Crippen LogP contribution in [-0.2, 0) is 9.53 Å². The van der Waals surface area contributed by atoms with Crippen LogP contribution in [0.3, 0.4) is 0 Å². The van der Waals surface area contributed by atoms with Crippen LogP contribution < -0.4 is 10.1 Å². The molecule has 4 atom stereocenters. The molecule has 2 aliphatic heterocycles. The molecule has 2 heterocycles. The number of fused-ring (bicyclic) bond motifs is 3. The summed E-state index contributed by atoms with van der Waals surface area (Å²) in [6, 6.07) is 7.42.